The second-order valence-corrected chi connectivity index (χ2v) is 6.71. The zero-order valence-electron chi connectivity index (χ0n) is 15.6. The van der Waals surface area contributed by atoms with Crippen molar-refractivity contribution in [1.29, 1.82) is 0 Å². The number of rotatable bonds is 9. The number of amides is 4. The molecule has 2 aliphatic rings. The number of carboxylic acid groups (broad SMARTS) is 1. The van der Waals surface area contributed by atoms with E-state index >= 15 is 0 Å². The van der Waals surface area contributed by atoms with Crippen LogP contribution in [-0.2, 0) is 19.1 Å². The van der Waals surface area contributed by atoms with Crippen molar-refractivity contribution in [2.24, 2.45) is 0 Å². The van der Waals surface area contributed by atoms with Gasteiger partial charge in [0.15, 0.2) is 0 Å². The number of piperidine rings is 1. The van der Waals surface area contributed by atoms with Gasteiger partial charge >= 0.3 is 5.97 Å². The van der Waals surface area contributed by atoms with Crippen molar-refractivity contribution in [2.45, 2.75) is 31.7 Å². The summed E-state index contributed by atoms with van der Waals surface area (Å²) in [6.07, 6.45) is 0.679. The van der Waals surface area contributed by atoms with E-state index in [2.05, 4.69) is 10.6 Å². The molecule has 2 aliphatic heterocycles. The Bertz CT molecular complexity index is 867. The molecule has 10 nitrogen and oxygen atoms in total. The van der Waals surface area contributed by atoms with Crippen LogP contribution < -0.4 is 10.6 Å². The van der Waals surface area contributed by atoms with Crippen LogP contribution in [0.2, 0.25) is 0 Å². The van der Waals surface area contributed by atoms with E-state index in [0.717, 1.165) is 4.90 Å². The van der Waals surface area contributed by atoms with Gasteiger partial charge in [-0.2, -0.15) is 0 Å². The molecule has 1 aromatic carbocycles. The van der Waals surface area contributed by atoms with Crippen LogP contribution in [-0.4, -0.2) is 65.4 Å². The quantitative estimate of drug-likeness (QED) is 0.397. The van der Waals surface area contributed by atoms with Crippen molar-refractivity contribution in [1.82, 2.24) is 10.2 Å². The van der Waals surface area contributed by atoms with Gasteiger partial charge in [-0.05, 0) is 25.0 Å². The minimum atomic E-state index is -1.00. The summed E-state index contributed by atoms with van der Waals surface area (Å²) in [5, 5.41) is 13.8. The minimum absolute atomic E-state index is 0.0631. The van der Waals surface area contributed by atoms with Gasteiger partial charge < -0.3 is 15.2 Å². The highest BCUT2D eigenvalue weighted by atomic mass is 16.5. The van der Waals surface area contributed by atoms with Crippen molar-refractivity contribution >= 4 is 35.3 Å². The fraction of sp³-hybridized carbons (Fsp3) is 0.421. The van der Waals surface area contributed by atoms with Crippen LogP contribution in [0.5, 0.6) is 0 Å². The summed E-state index contributed by atoms with van der Waals surface area (Å²) in [4.78, 5) is 60.4. The van der Waals surface area contributed by atoms with E-state index in [0.29, 0.717) is 25.3 Å². The highest BCUT2D eigenvalue weighted by Gasteiger charge is 2.45. The summed E-state index contributed by atoms with van der Waals surface area (Å²) in [7, 11) is 0. The number of carbonyl (C=O) groups excluding carboxylic acids is 4. The smallest absolute Gasteiger partial charge is 0.305 e. The van der Waals surface area contributed by atoms with Gasteiger partial charge in [0, 0.05) is 25.3 Å². The first kappa shape index (κ1) is 20.5. The Morgan fingerprint density at radius 2 is 2.00 bits per heavy atom. The van der Waals surface area contributed by atoms with E-state index in [4.69, 9.17) is 9.84 Å². The lowest BCUT2D eigenvalue weighted by atomic mass is 10.0. The molecule has 2 heterocycles. The fourth-order valence-electron chi connectivity index (χ4n) is 3.32. The van der Waals surface area contributed by atoms with Gasteiger partial charge in [-0.15, -0.1) is 0 Å². The van der Waals surface area contributed by atoms with Crippen LogP contribution in [0, 0.1) is 0 Å². The van der Waals surface area contributed by atoms with Crippen molar-refractivity contribution < 1.29 is 33.8 Å². The molecule has 1 aromatic rings. The second-order valence-electron chi connectivity index (χ2n) is 6.71. The third-order valence-corrected chi connectivity index (χ3v) is 4.71. The molecule has 1 fully saturated rings. The zero-order chi connectivity index (χ0) is 21.0. The normalized spacial score (nSPS) is 18.6. The summed E-state index contributed by atoms with van der Waals surface area (Å²) in [6, 6.07) is 3.84. The molecule has 29 heavy (non-hydrogen) atoms. The Labute approximate surface area is 166 Å². The lowest BCUT2D eigenvalue weighted by molar-refractivity contribution is -0.138. The molecule has 0 saturated carbocycles. The van der Waals surface area contributed by atoms with Crippen LogP contribution >= 0.6 is 0 Å². The van der Waals surface area contributed by atoms with Gasteiger partial charge in [0.25, 0.3) is 11.8 Å². The number of fused-ring (bicyclic) bond motifs is 1. The third-order valence-electron chi connectivity index (χ3n) is 4.71. The topological polar surface area (TPSA) is 142 Å². The molecule has 154 valence electrons. The maximum absolute atomic E-state index is 12.9. The van der Waals surface area contributed by atoms with Crippen molar-refractivity contribution in [2.75, 3.05) is 25.1 Å². The molecule has 0 spiro atoms. The molecule has 10 heteroatoms. The standard InChI is InChI=1S/C19H21N3O7/c23-14-6-5-13(17(26)21-14)22-18(27)11-3-1-4-12(16(11)19(22)28)20-8-2-9-29-10-7-15(24)25/h1,3-4,13,20H,2,5-10H2,(H,24,25)(H,21,23,26). The van der Waals surface area contributed by atoms with E-state index in [-0.39, 0.29) is 37.0 Å². The molecule has 3 rings (SSSR count). The number of carboxylic acids is 1. The molecule has 0 aliphatic carbocycles. The number of hydrogen-bond acceptors (Lipinski definition) is 7. The summed E-state index contributed by atoms with van der Waals surface area (Å²) in [6.45, 7) is 0.929. The monoisotopic (exact) mass is 403 g/mol. The van der Waals surface area contributed by atoms with Crippen molar-refractivity contribution in [3.8, 4) is 0 Å². The average molecular weight is 403 g/mol. The minimum Gasteiger partial charge on any atom is -0.481 e. The van der Waals surface area contributed by atoms with Crippen LogP contribution in [0.15, 0.2) is 18.2 Å². The van der Waals surface area contributed by atoms with E-state index in [1.807, 2.05) is 0 Å². The SMILES string of the molecule is O=C(O)CCOCCCNc1cccc2c1C(=O)N(C1CCC(=O)NC1=O)C2=O. The molecule has 0 bridgehead atoms. The Morgan fingerprint density at radius 1 is 1.21 bits per heavy atom. The van der Waals surface area contributed by atoms with E-state index < -0.39 is 35.6 Å². The summed E-state index contributed by atoms with van der Waals surface area (Å²) in [5.74, 6) is -3.12. The number of anilines is 1. The molecule has 1 saturated heterocycles. The van der Waals surface area contributed by atoms with Crippen LogP contribution in [0.1, 0.15) is 46.4 Å². The van der Waals surface area contributed by atoms with E-state index in [1.165, 1.54) is 6.07 Å². The number of carbonyl (C=O) groups is 5. The molecule has 1 atom stereocenters. The Hall–Kier alpha value is -3.27. The predicted molar refractivity (Wildman–Crippen MR) is 99.3 cm³/mol. The molecule has 0 radical (unpaired) electrons. The average Bonchev–Trinajstić information content (AvgIpc) is 2.92. The van der Waals surface area contributed by atoms with Gasteiger partial charge in [-0.25, -0.2) is 0 Å². The van der Waals surface area contributed by atoms with Gasteiger partial charge in [-0.3, -0.25) is 34.2 Å². The van der Waals surface area contributed by atoms with Crippen LogP contribution in [0.3, 0.4) is 0 Å². The maximum atomic E-state index is 12.9. The van der Waals surface area contributed by atoms with Gasteiger partial charge in [0.1, 0.15) is 6.04 Å². The largest absolute Gasteiger partial charge is 0.481 e. The first-order valence-corrected chi connectivity index (χ1v) is 9.28. The van der Waals surface area contributed by atoms with Gasteiger partial charge in [-0.1, -0.05) is 6.07 Å². The molecular formula is C19H21N3O7. The highest BCUT2D eigenvalue weighted by Crippen LogP contribution is 2.32. The number of aliphatic carboxylic acids is 1. The lowest BCUT2D eigenvalue weighted by Gasteiger charge is -2.27. The van der Waals surface area contributed by atoms with Gasteiger partial charge in [0.05, 0.1) is 24.2 Å². The molecular weight excluding hydrogens is 382 g/mol. The molecule has 1 unspecified atom stereocenters. The number of nitrogens with one attached hydrogen (secondary N) is 2. The second kappa shape index (κ2) is 8.82. The molecule has 4 amide bonds. The number of nitrogens with zero attached hydrogens (tertiary/aromatic N) is 1. The maximum Gasteiger partial charge on any atom is 0.305 e. The van der Waals surface area contributed by atoms with Crippen molar-refractivity contribution in [3.05, 3.63) is 29.3 Å². The predicted octanol–water partition coefficient (Wildman–Crippen LogP) is 0.381. The Balaban J connectivity index is 1.63. The third kappa shape index (κ3) is 4.43. The lowest BCUT2D eigenvalue weighted by Crippen LogP contribution is -2.54. The van der Waals surface area contributed by atoms with Crippen LogP contribution in [0.4, 0.5) is 5.69 Å². The first-order chi connectivity index (χ1) is 13.9. The van der Waals surface area contributed by atoms with Crippen LogP contribution in [0.25, 0.3) is 0 Å². The van der Waals surface area contributed by atoms with E-state index in [1.54, 1.807) is 12.1 Å². The van der Waals surface area contributed by atoms with E-state index in [9.17, 15) is 24.0 Å². The number of imide groups is 2. The molecule has 3 N–H and O–H groups in total. The first-order valence-electron chi connectivity index (χ1n) is 9.28. The molecule has 0 aromatic heterocycles. The Kier molecular flexibility index (Phi) is 6.23. The highest BCUT2D eigenvalue weighted by molar-refractivity contribution is 6.25. The summed E-state index contributed by atoms with van der Waals surface area (Å²) in [5.41, 5.74) is 0.887. The summed E-state index contributed by atoms with van der Waals surface area (Å²) < 4.78 is 5.21. The van der Waals surface area contributed by atoms with Gasteiger partial charge in [0.2, 0.25) is 11.8 Å². The Morgan fingerprint density at radius 3 is 2.72 bits per heavy atom. The fourth-order valence-corrected chi connectivity index (χ4v) is 3.32. The summed E-state index contributed by atoms with van der Waals surface area (Å²) >= 11 is 0. The van der Waals surface area contributed by atoms with Crippen molar-refractivity contribution in [3.63, 3.8) is 0 Å². The number of ether oxygens (including phenoxy) is 1. The zero-order valence-corrected chi connectivity index (χ0v) is 15.6. The number of hydrogen-bond donors (Lipinski definition) is 3. The number of benzene rings is 1.